The van der Waals surface area contributed by atoms with Gasteiger partial charge >= 0.3 is 0 Å². The molecule has 2 fully saturated rings. The monoisotopic (exact) mass is 509 g/mol. The van der Waals surface area contributed by atoms with Gasteiger partial charge in [-0.05, 0) is 48.4 Å². The molecular weight excluding hydrogens is 478 g/mol. The lowest BCUT2D eigenvalue weighted by Crippen LogP contribution is -2.38. The van der Waals surface area contributed by atoms with Gasteiger partial charge in [0.25, 0.3) is 17.6 Å². The van der Waals surface area contributed by atoms with E-state index in [-0.39, 0.29) is 17.9 Å². The van der Waals surface area contributed by atoms with Crippen molar-refractivity contribution in [2.24, 2.45) is 5.73 Å². The smallest absolute Gasteiger partial charge is 0.295 e. The van der Waals surface area contributed by atoms with Crippen LogP contribution in [0.3, 0.4) is 0 Å². The number of rotatable bonds is 10. The van der Waals surface area contributed by atoms with Crippen molar-refractivity contribution in [2.45, 2.75) is 12.5 Å². The Kier molecular flexibility index (Phi) is 8.42. The topological polar surface area (TPSA) is 132 Å². The first-order chi connectivity index (χ1) is 17.9. The van der Waals surface area contributed by atoms with Crippen LogP contribution < -0.4 is 15.2 Å². The number of carbonyl (C=O) groups excluding carboxylic acids is 3. The highest BCUT2D eigenvalue weighted by atomic mass is 16.5. The molecule has 196 valence electrons. The summed E-state index contributed by atoms with van der Waals surface area (Å²) in [7, 11) is 1.54. The molecule has 0 aliphatic carbocycles. The van der Waals surface area contributed by atoms with Crippen molar-refractivity contribution in [2.75, 3.05) is 53.1 Å². The Hall–Kier alpha value is -3.89. The largest absolute Gasteiger partial charge is 0.507 e. The van der Waals surface area contributed by atoms with Gasteiger partial charge in [-0.3, -0.25) is 19.3 Å². The Balaban J connectivity index is 1.64. The van der Waals surface area contributed by atoms with Gasteiger partial charge in [-0.2, -0.15) is 0 Å². The third-order valence-electron chi connectivity index (χ3n) is 6.46. The van der Waals surface area contributed by atoms with Crippen LogP contribution >= 0.6 is 0 Å². The first kappa shape index (κ1) is 26.2. The molecule has 2 aromatic rings. The Morgan fingerprint density at radius 3 is 2.30 bits per heavy atom. The maximum atomic E-state index is 13.2. The third kappa shape index (κ3) is 6.10. The number of hydrogen-bond acceptors (Lipinski definition) is 8. The van der Waals surface area contributed by atoms with Gasteiger partial charge in [0.1, 0.15) is 17.3 Å². The molecule has 3 N–H and O–H groups in total. The van der Waals surface area contributed by atoms with Crippen molar-refractivity contribution < 1.29 is 33.7 Å². The molecule has 10 nitrogen and oxygen atoms in total. The summed E-state index contributed by atoms with van der Waals surface area (Å²) < 4.78 is 15.9. The number of aliphatic hydroxyl groups is 1. The number of methoxy groups -OCH3 is 1. The van der Waals surface area contributed by atoms with E-state index in [2.05, 4.69) is 4.90 Å². The zero-order valence-electron chi connectivity index (χ0n) is 20.7. The van der Waals surface area contributed by atoms with Crippen LogP contribution in [-0.4, -0.2) is 85.6 Å². The summed E-state index contributed by atoms with van der Waals surface area (Å²) in [6.07, 6.45) is 0.659. The molecule has 0 aromatic heterocycles. The zero-order chi connectivity index (χ0) is 26.4. The molecule has 0 saturated carbocycles. The van der Waals surface area contributed by atoms with Crippen LogP contribution in [0.2, 0.25) is 0 Å². The first-order valence-electron chi connectivity index (χ1n) is 12.1. The minimum absolute atomic E-state index is 0.0207. The lowest BCUT2D eigenvalue weighted by atomic mass is 9.95. The maximum absolute atomic E-state index is 13.2. The van der Waals surface area contributed by atoms with Crippen molar-refractivity contribution in [1.29, 1.82) is 0 Å². The van der Waals surface area contributed by atoms with Crippen LogP contribution in [0, 0.1) is 0 Å². The van der Waals surface area contributed by atoms with Gasteiger partial charge < -0.3 is 30.0 Å². The summed E-state index contributed by atoms with van der Waals surface area (Å²) in [5.74, 6) is -1.23. The molecule has 2 aromatic carbocycles. The summed E-state index contributed by atoms with van der Waals surface area (Å²) in [4.78, 5) is 41.2. The number of nitrogens with zero attached hydrogens (tertiary/aromatic N) is 2. The summed E-state index contributed by atoms with van der Waals surface area (Å²) in [5.41, 5.74) is 6.20. The molecule has 0 radical (unpaired) electrons. The Morgan fingerprint density at radius 1 is 1.03 bits per heavy atom. The number of hydrogen-bond donors (Lipinski definition) is 2. The maximum Gasteiger partial charge on any atom is 0.295 e. The molecule has 0 bridgehead atoms. The van der Waals surface area contributed by atoms with E-state index < -0.39 is 23.6 Å². The molecule has 2 aliphatic rings. The van der Waals surface area contributed by atoms with Crippen molar-refractivity contribution in [1.82, 2.24) is 9.80 Å². The molecule has 2 saturated heterocycles. The fraction of sp³-hybridized carbons (Fsp3) is 0.370. The van der Waals surface area contributed by atoms with Gasteiger partial charge in [-0.1, -0.05) is 12.1 Å². The number of nitrogens with two attached hydrogens (primary N) is 1. The van der Waals surface area contributed by atoms with Crippen LogP contribution in [-0.2, 0) is 19.1 Å². The van der Waals surface area contributed by atoms with E-state index in [4.69, 9.17) is 19.9 Å². The van der Waals surface area contributed by atoms with Crippen LogP contribution in [0.15, 0.2) is 54.1 Å². The minimum atomic E-state index is -0.781. The van der Waals surface area contributed by atoms with Crippen LogP contribution in [0.1, 0.15) is 23.6 Å². The second-order valence-electron chi connectivity index (χ2n) is 8.85. The quantitative estimate of drug-likeness (QED) is 0.281. The summed E-state index contributed by atoms with van der Waals surface area (Å²) in [6.45, 7) is 3.84. The Bertz CT molecular complexity index is 1160. The van der Waals surface area contributed by atoms with Gasteiger partial charge in [0, 0.05) is 31.7 Å². The number of carbonyl (C=O) groups is 3. The van der Waals surface area contributed by atoms with Crippen LogP contribution in [0.25, 0.3) is 5.76 Å². The molecule has 1 atom stereocenters. The molecule has 4 rings (SSSR count). The molecule has 2 heterocycles. The van der Waals surface area contributed by atoms with E-state index in [1.807, 2.05) is 0 Å². The van der Waals surface area contributed by atoms with E-state index in [0.29, 0.717) is 48.8 Å². The fourth-order valence-electron chi connectivity index (χ4n) is 4.55. The second-order valence-corrected chi connectivity index (χ2v) is 8.85. The third-order valence-corrected chi connectivity index (χ3v) is 6.46. The van der Waals surface area contributed by atoms with Crippen molar-refractivity contribution in [3.63, 3.8) is 0 Å². The number of benzene rings is 2. The lowest BCUT2D eigenvalue weighted by molar-refractivity contribution is -0.140. The lowest BCUT2D eigenvalue weighted by Gasteiger charge is -2.29. The molecule has 2 aliphatic heterocycles. The Morgan fingerprint density at radius 2 is 1.68 bits per heavy atom. The van der Waals surface area contributed by atoms with E-state index in [9.17, 15) is 19.5 Å². The molecule has 2 amide bonds. The zero-order valence-corrected chi connectivity index (χ0v) is 20.7. The highest BCUT2D eigenvalue weighted by Gasteiger charge is 2.45. The molecular formula is C27H31N3O7. The molecule has 0 spiro atoms. The minimum Gasteiger partial charge on any atom is -0.507 e. The van der Waals surface area contributed by atoms with Crippen LogP contribution in [0.4, 0.5) is 0 Å². The van der Waals surface area contributed by atoms with Gasteiger partial charge in [-0.15, -0.1) is 0 Å². The van der Waals surface area contributed by atoms with Gasteiger partial charge in [-0.25, -0.2) is 0 Å². The number of aliphatic hydroxyl groups excluding tert-OH is 1. The SMILES string of the molecule is COc1ccc(C(O)=C2C(=O)C(=O)N(CCCN3CCOCC3)[C@H]2c2ccc(OCC(N)=O)cc2)cc1. The summed E-state index contributed by atoms with van der Waals surface area (Å²) in [6, 6.07) is 12.5. The van der Waals surface area contributed by atoms with E-state index in [1.54, 1.807) is 48.5 Å². The molecule has 37 heavy (non-hydrogen) atoms. The number of ether oxygens (including phenoxy) is 3. The van der Waals surface area contributed by atoms with Gasteiger partial charge in [0.15, 0.2) is 6.61 Å². The van der Waals surface area contributed by atoms with Crippen molar-refractivity contribution in [3.8, 4) is 11.5 Å². The average molecular weight is 510 g/mol. The average Bonchev–Trinajstić information content (AvgIpc) is 3.17. The predicted molar refractivity (Wildman–Crippen MR) is 135 cm³/mol. The number of primary amides is 1. The second kappa shape index (κ2) is 11.9. The van der Waals surface area contributed by atoms with Crippen molar-refractivity contribution in [3.05, 3.63) is 65.2 Å². The number of likely N-dealkylation sites (tertiary alicyclic amines) is 1. The summed E-state index contributed by atoms with van der Waals surface area (Å²) in [5, 5.41) is 11.2. The molecule has 10 heteroatoms. The summed E-state index contributed by atoms with van der Waals surface area (Å²) >= 11 is 0. The molecule has 0 unspecified atom stereocenters. The normalized spacial score (nSPS) is 19.7. The fourth-order valence-corrected chi connectivity index (χ4v) is 4.55. The number of Topliss-reactive ketones (excluding diaryl/α,β-unsaturated/α-hetero) is 1. The van der Waals surface area contributed by atoms with Gasteiger partial charge in [0.05, 0.1) is 31.9 Å². The van der Waals surface area contributed by atoms with Crippen LogP contribution in [0.5, 0.6) is 11.5 Å². The van der Waals surface area contributed by atoms with Gasteiger partial charge in [0.2, 0.25) is 0 Å². The Labute approximate surface area is 215 Å². The predicted octanol–water partition coefficient (Wildman–Crippen LogP) is 1.70. The van der Waals surface area contributed by atoms with Crippen molar-refractivity contribution >= 4 is 23.4 Å². The van der Waals surface area contributed by atoms with E-state index >= 15 is 0 Å². The highest BCUT2D eigenvalue weighted by molar-refractivity contribution is 6.46. The van der Waals surface area contributed by atoms with E-state index in [1.165, 1.54) is 12.0 Å². The number of amides is 2. The first-order valence-corrected chi connectivity index (χ1v) is 12.1. The highest BCUT2D eigenvalue weighted by Crippen LogP contribution is 2.40. The number of ketones is 1. The number of morpholine rings is 1. The van der Waals surface area contributed by atoms with E-state index in [0.717, 1.165) is 19.6 Å². The standard InChI is InChI=1S/C27H31N3O7/c1-35-20-7-5-19(6-8-20)25(32)23-24(18-3-9-21(10-4-18)37-17-22(28)31)30(27(34)26(23)33)12-2-11-29-13-15-36-16-14-29/h3-10,24,32H,2,11-17H2,1H3,(H2,28,31)/t24-/m0/s1.